The molecule has 0 aliphatic rings. The van der Waals surface area contributed by atoms with Crippen LogP contribution in [0.2, 0.25) is 0 Å². The van der Waals surface area contributed by atoms with E-state index in [0.29, 0.717) is 12.8 Å². The SMILES string of the molecule is CCCCCCCCOc1ccc(CCC(=O)OC(=O)CCc2ccc(OCCCCCCCC)cc2)cc1. The second-order valence-corrected chi connectivity index (χ2v) is 10.4. The van der Waals surface area contributed by atoms with E-state index in [9.17, 15) is 9.59 Å². The van der Waals surface area contributed by atoms with Gasteiger partial charge in [-0.1, -0.05) is 102 Å². The van der Waals surface area contributed by atoms with E-state index in [1.165, 1.54) is 64.2 Å². The Morgan fingerprint density at radius 1 is 0.513 bits per heavy atom. The van der Waals surface area contributed by atoms with E-state index in [1.807, 2.05) is 48.5 Å². The molecule has 0 heterocycles. The Morgan fingerprint density at radius 3 is 1.26 bits per heavy atom. The maximum absolute atomic E-state index is 12.1. The topological polar surface area (TPSA) is 61.8 Å². The molecule has 0 N–H and O–H groups in total. The first-order valence-electron chi connectivity index (χ1n) is 15.3. The first kappa shape index (κ1) is 32.4. The Kier molecular flexibility index (Phi) is 17.5. The van der Waals surface area contributed by atoms with Gasteiger partial charge >= 0.3 is 11.9 Å². The number of carbonyl (C=O) groups is 2. The maximum Gasteiger partial charge on any atom is 0.313 e. The Hall–Kier alpha value is -2.82. The van der Waals surface area contributed by atoms with Crippen LogP contribution in [0, 0.1) is 0 Å². The lowest BCUT2D eigenvalue weighted by Gasteiger charge is -2.08. The lowest BCUT2D eigenvalue weighted by molar-refractivity contribution is -0.159. The number of esters is 2. The van der Waals surface area contributed by atoms with Crippen molar-refractivity contribution in [3.05, 3.63) is 59.7 Å². The number of unbranched alkanes of at least 4 members (excludes halogenated alkanes) is 10. The molecule has 0 bridgehead atoms. The molecule has 5 nitrogen and oxygen atoms in total. The van der Waals surface area contributed by atoms with Gasteiger partial charge in [-0.05, 0) is 61.1 Å². The number of rotatable bonds is 22. The van der Waals surface area contributed by atoms with Crippen LogP contribution < -0.4 is 9.47 Å². The lowest BCUT2D eigenvalue weighted by Crippen LogP contribution is -2.13. The normalized spacial score (nSPS) is 10.8. The van der Waals surface area contributed by atoms with Gasteiger partial charge in [-0.25, -0.2) is 0 Å². The second kappa shape index (κ2) is 21.1. The van der Waals surface area contributed by atoms with Gasteiger partial charge in [0.1, 0.15) is 11.5 Å². The Morgan fingerprint density at radius 2 is 0.872 bits per heavy atom. The molecule has 0 radical (unpaired) electrons. The largest absolute Gasteiger partial charge is 0.494 e. The summed E-state index contributed by atoms with van der Waals surface area (Å²) >= 11 is 0. The van der Waals surface area contributed by atoms with Crippen LogP contribution in [0.25, 0.3) is 0 Å². The number of ether oxygens (including phenoxy) is 3. The molecule has 0 atom stereocenters. The zero-order valence-electron chi connectivity index (χ0n) is 24.4. The van der Waals surface area contributed by atoms with Gasteiger partial charge in [-0.15, -0.1) is 0 Å². The molecular formula is C34H50O5. The highest BCUT2D eigenvalue weighted by atomic mass is 16.6. The van der Waals surface area contributed by atoms with Gasteiger partial charge < -0.3 is 14.2 Å². The average molecular weight is 539 g/mol. The van der Waals surface area contributed by atoms with E-state index < -0.39 is 11.9 Å². The molecular weight excluding hydrogens is 488 g/mol. The van der Waals surface area contributed by atoms with Crippen molar-refractivity contribution in [2.45, 2.75) is 117 Å². The van der Waals surface area contributed by atoms with E-state index in [1.54, 1.807) is 0 Å². The van der Waals surface area contributed by atoms with Crippen molar-refractivity contribution in [3.63, 3.8) is 0 Å². The van der Waals surface area contributed by atoms with Crippen LogP contribution in [0.15, 0.2) is 48.5 Å². The van der Waals surface area contributed by atoms with Gasteiger partial charge in [-0.2, -0.15) is 0 Å². The predicted octanol–water partition coefficient (Wildman–Crippen LogP) is 8.80. The Bertz CT molecular complexity index is 829. The van der Waals surface area contributed by atoms with E-state index in [4.69, 9.17) is 14.2 Å². The smallest absolute Gasteiger partial charge is 0.313 e. The molecule has 2 rings (SSSR count). The van der Waals surface area contributed by atoms with E-state index in [-0.39, 0.29) is 12.8 Å². The van der Waals surface area contributed by atoms with Gasteiger partial charge in [0.05, 0.1) is 26.1 Å². The highest BCUT2D eigenvalue weighted by molar-refractivity contribution is 5.85. The third-order valence-electron chi connectivity index (χ3n) is 6.84. The van der Waals surface area contributed by atoms with Crippen molar-refractivity contribution in [2.75, 3.05) is 13.2 Å². The van der Waals surface area contributed by atoms with Crippen molar-refractivity contribution < 1.29 is 23.8 Å². The zero-order valence-corrected chi connectivity index (χ0v) is 24.4. The number of carbonyl (C=O) groups excluding carboxylic acids is 2. The van der Waals surface area contributed by atoms with Crippen molar-refractivity contribution in [1.82, 2.24) is 0 Å². The summed E-state index contributed by atoms with van der Waals surface area (Å²) < 4.78 is 16.6. The number of benzene rings is 2. The summed E-state index contributed by atoms with van der Waals surface area (Å²) in [6, 6.07) is 15.6. The van der Waals surface area contributed by atoms with Gasteiger partial charge in [0.25, 0.3) is 0 Å². The molecule has 2 aromatic rings. The molecule has 39 heavy (non-hydrogen) atoms. The lowest BCUT2D eigenvalue weighted by atomic mass is 10.1. The van der Waals surface area contributed by atoms with Crippen molar-refractivity contribution >= 4 is 11.9 Å². The van der Waals surface area contributed by atoms with Crippen LogP contribution in [0.4, 0.5) is 0 Å². The van der Waals surface area contributed by atoms with Gasteiger partial charge in [0.2, 0.25) is 0 Å². The molecule has 0 saturated carbocycles. The molecule has 0 aromatic heterocycles. The summed E-state index contributed by atoms with van der Waals surface area (Å²) in [5.41, 5.74) is 2.04. The summed E-state index contributed by atoms with van der Waals surface area (Å²) in [7, 11) is 0. The van der Waals surface area contributed by atoms with Crippen LogP contribution in [0.1, 0.15) is 115 Å². The molecule has 2 aromatic carbocycles. The van der Waals surface area contributed by atoms with Crippen LogP contribution in [0.3, 0.4) is 0 Å². The quantitative estimate of drug-likeness (QED) is 0.0851. The summed E-state index contributed by atoms with van der Waals surface area (Å²) in [6.07, 6.45) is 16.3. The number of aryl methyl sites for hydroxylation is 2. The first-order chi connectivity index (χ1) is 19.1. The van der Waals surface area contributed by atoms with Gasteiger partial charge in [0, 0.05) is 0 Å². The standard InChI is InChI=1S/C34H50O5/c1-3-5-7-9-11-13-27-37-31-21-15-29(16-22-31)19-25-33(35)39-34(36)26-20-30-17-23-32(24-18-30)38-28-14-12-10-8-6-4-2/h15-18,21-24H,3-14,19-20,25-28H2,1-2H3. The molecule has 0 spiro atoms. The summed E-state index contributed by atoms with van der Waals surface area (Å²) in [5.74, 6) is 0.730. The van der Waals surface area contributed by atoms with E-state index >= 15 is 0 Å². The van der Waals surface area contributed by atoms with Crippen molar-refractivity contribution in [3.8, 4) is 11.5 Å². The highest BCUT2D eigenvalue weighted by Crippen LogP contribution is 2.16. The Labute approximate surface area is 236 Å². The first-order valence-corrected chi connectivity index (χ1v) is 15.3. The molecule has 0 unspecified atom stereocenters. The predicted molar refractivity (Wildman–Crippen MR) is 158 cm³/mol. The second-order valence-electron chi connectivity index (χ2n) is 10.4. The molecule has 0 amide bonds. The van der Waals surface area contributed by atoms with Gasteiger partial charge in [-0.3, -0.25) is 9.59 Å². The molecule has 0 fully saturated rings. The number of hydrogen-bond acceptors (Lipinski definition) is 5. The minimum Gasteiger partial charge on any atom is -0.494 e. The van der Waals surface area contributed by atoms with Crippen LogP contribution in [-0.2, 0) is 27.2 Å². The monoisotopic (exact) mass is 538 g/mol. The van der Waals surface area contributed by atoms with E-state index in [0.717, 1.165) is 48.7 Å². The molecule has 0 aliphatic heterocycles. The molecule has 216 valence electrons. The minimum absolute atomic E-state index is 0.175. The van der Waals surface area contributed by atoms with Crippen LogP contribution in [0.5, 0.6) is 11.5 Å². The molecule has 0 saturated heterocycles. The van der Waals surface area contributed by atoms with Crippen LogP contribution in [-0.4, -0.2) is 25.2 Å². The van der Waals surface area contributed by atoms with E-state index in [2.05, 4.69) is 13.8 Å². The van der Waals surface area contributed by atoms with Crippen molar-refractivity contribution in [1.29, 1.82) is 0 Å². The zero-order chi connectivity index (χ0) is 28.0. The third kappa shape index (κ3) is 16.0. The molecule has 0 aliphatic carbocycles. The minimum atomic E-state index is -0.484. The average Bonchev–Trinajstić information content (AvgIpc) is 2.95. The highest BCUT2D eigenvalue weighted by Gasteiger charge is 2.11. The summed E-state index contributed by atoms with van der Waals surface area (Å²) in [5, 5.41) is 0. The van der Waals surface area contributed by atoms with Crippen molar-refractivity contribution in [2.24, 2.45) is 0 Å². The fourth-order valence-corrected chi connectivity index (χ4v) is 4.37. The third-order valence-corrected chi connectivity index (χ3v) is 6.84. The maximum atomic E-state index is 12.1. The summed E-state index contributed by atoms with van der Waals surface area (Å²) in [6.45, 7) is 5.92. The summed E-state index contributed by atoms with van der Waals surface area (Å²) in [4.78, 5) is 24.3. The Balaban J connectivity index is 1.55. The number of hydrogen-bond donors (Lipinski definition) is 0. The fourth-order valence-electron chi connectivity index (χ4n) is 4.37. The molecule has 5 heteroatoms. The van der Waals surface area contributed by atoms with Gasteiger partial charge in [0.15, 0.2) is 0 Å². The fraction of sp³-hybridized carbons (Fsp3) is 0.588. The van der Waals surface area contributed by atoms with Crippen LogP contribution >= 0.6 is 0 Å².